The molecular weight excluding hydrogens is 451 g/mol. The van der Waals surface area contributed by atoms with Crippen molar-refractivity contribution in [2.45, 2.75) is 77.9 Å². The predicted molar refractivity (Wildman–Crippen MR) is 134 cm³/mol. The monoisotopic (exact) mass is 482 g/mol. The Kier molecular flexibility index (Phi) is 6.69. The molecule has 1 saturated carbocycles. The SMILES string of the molecule is CC(=O)CCc1ccc(C(C)N2C(=O)C(c3cccc(Cl)c3F)=NC23CCC(C)(C)CC3)cc1. The number of halogens is 2. The number of carbonyl (C=O) groups excluding carboxylic acids is 2. The second-order valence-electron chi connectivity index (χ2n) is 10.5. The van der Waals surface area contributed by atoms with Gasteiger partial charge in [-0.1, -0.05) is 55.8 Å². The molecule has 1 spiro atoms. The van der Waals surface area contributed by atoms with E-state index in [4.69, 9.17) is 16.6 Å². The summed E-state index contributed by atoms with van der Waals surface area (Å²) in [5.74, 6) is -0.693. The molecule has 2 aromatic carbocycles. The minimum absolute atomic E-state index is 0.0144. The second-order valence-corrected chi connectivity index (χ2v) is 10.9. The molecule has 1 aliphatic heterocycles. The Labute approximate surface area is 206 Å². The van der Waals surface area contributed by atoms with Crippen LogP contribution in [0.2, 0.25) is 5.02 Å². The molecule has 0 aromatic heterocycles. The Morgan fingerprint density at radius 3 is 2.38 bits per heavy atom. The first-order valence-electron chi connectivity index (χ1n) is 12.0. The van der Waals surface area contributed by atoms with Gasteiger partial charge in [0.15, 0.2) is 5.82 Å². The Morgan fingerprint density at radius 2 is 1.76 bits per heavy atom. The van der Waals surface area contributed by atoms with Gasteiger partial charge in [-0.15, -0.1) is 0 Å². The van der Waals surface area contributed by atoms with Crippen LogP contribution in [0.15, 0.2) is 47.5 Å². The van der Waals surface area contributed by atoms with Crippen LogP contribution >= 0.6 is 11.6 Å². The fourth-order valence-electron chi connectivity index (χ4n) is 5.12. The lowest BCUT2D eigenvalue weighted by molar-refractivity contribution is -0.133. The first-order valence-corrected chi connectivity index (χ1v) is 12.4. The Balaban J connectivity index is 1.69. The number of benzene rings is 2. The van der Waals surface area contributed by atoms with Gasteiger partial charge < -0.3 is 9.69 Å². The standard InChI is InChI=1S/C28H32ClFN2O2/c1-18(33)8-9-20-10-12-21(13-11-20)19(2)32-26(34)25(22-6-5-7-23(29)24(22)30)31-28(32)16-14-27(3,4)15-17-28/h5-7,10-13,19H,8-9,14-17H2,1-4H3. The van der Waals surface area contributed by atoms with E-state index in [9.17, 15) is 14.0 Å². The zero-order valence-electron chi connectivity index (χ0n) is 20.3. The average Bonchev–Trinajstić information content (AvgIpc) is 3.08. The number of rotatable bonds is 6. The van der Waals surface area contributed by atoms with Crippen LogP contribution in [0.5, 0.6) is 0 Å². The van der Waals surface area contributed by atoms with E-state index in [1.807, 2.05) is 36.1 Å². The van der Waals surface area contributed by atoms with Crippen LogP contribution in [0.1, 0.15) is 82.5 Å². The molecule has 180 valence electrons. The summed E-state index contributed by atoms with van der Waals surface area (Å²) >= 11 is 6.03. The predicted octanol–water partition coefficient (Wildman–Crippen LogP) is 6.69. The van der Waals surface area contributed by atoms with Crippen LogP contribution < -0.4 is 0 Å². The molecule has 1 heterocycles. The molecule has 0 N–H and O–H groups in total. The van der Waals surface area contributed by atoms with Crippen molar-refractivity contribution < 1.29 is 14.0 Å². The molecule has 1 atom stereocenters. The maximum Gasteiger partial charge on any atom is 0.275 e. The average molecular weight is 483 g/mol. The maximum absolute atomic E-state index is 14.9. The second kappa shape index (κ2) is 9.26. The summed E-state index contributed by atoms with van der Waals surface area (Å²) in [6.45, 7) is 8.09. The van der Waals surface area contributed by atoms with Gasteiger partial charge in [0.2, 0.25) is 0 Å². The summed E-state index contributed by atoms with van der Waals surface area (Å²) in [5, 5.41) is -0.0144. The van der Waals surface area contributed by atoms with Gasteiger partial charge in [0.05, 0.1) is 11.1 Å². The van der Waals surface area contributed by atoms with Gasteiger partial charge in [0.25, 0.3) is 5.91 Å². The van der Waals surface area contributed by atoms with Crippen LogP contribution in [-0.2, 0) is 16.0 Å². The molecule has 4 nitrogen and oxygen atoms in total. The number of Topliss-reactive ketones (excluding diaryl/α,β-unsaturated/α-hetero) is 1. The highest BCUT2D eigenvalue weighted by Crippen LogP contribution is 2.49. The number of hydrogen-bond acceptors (Lipinski definition) is 3. The minimum atomic E-state index is -0.691. The number of aryl methyl sites for hydroxylation is 1. The number of amides is 1. The van der Waals surface area contributed by atoms with Crippen LogP contribution in [0.25, 0.3) is 0 Å². The largest absolute Gasteiger partial charge is 0.306 e. The lowest BCUT2D eigenvalue weighted by Gasteiger charge is -2.46. The molecule has 2 aliphatic rings. The van der Waals surface area contributed by atoms with Gasteiger partial charge in [-0.2, -0.15) is 0 Å². The number of hydrogen-bond donors (Lipinski definition) is 0. The third-order valence-corrected chi connectivity index (χ3v) is 7.71. The van der Waals surface area contributed by atoms with Gasteiger partial charge in [0, 0.05) is 12.0 Å². The smallest absolute Gasteiger partial charge is 0.275 e. The van der Waals surface area contributed by atoms with Crippen molar-refractivity contribution in [3.63, 3.8) is 0 Å². The highest BCUT2D eigenvalue weighted by atomic mass is 35.5. The number of nitrogens with zero attached hydrogens (tertiary/aromatic N) is 2. The number of ketones is 1. The van der Waals surface area contributed by atoms with Crippen molar-refractivity contribution in [1.29, 1.82) is 0 Å². The van der Waals surface area contributed by atoms with E-state index in [1.54, 1.807) is 19.1 Å². The van der Waals surface area contributed by atoms with Crippen molar-refractivity contribution in [3.8, 4) is 0 Å². The summed E-state index contributed by atoms with van der Waals surface area (Å²) in [6, 6.07) is 12.5. The minimum Gasteiger partial charge on any atom is -0.306 e. The first-order chi connectivity index (χ1) is 16.0. The molecule has 6 heteroatoms. The fraction of sp³-hybridized carbons (Fsp3) is 0.464. The van der Waals surface area contributed by atoms with Crippen molar-refractivity contribution in [1.82, 2.24) is 4.90 Å². The molecule has 0 saturated heterocycles. The van der Waals surface area contributed by atoms with Gasteiger partial charge in [0.1, 0.15) is 17.2 Å². The van der Waals surface area contributed by atoms with E-state index in [2.05, 4.69) is 13.8 Å². The molecule has 34 heavy (non-hydrogen) atoms. The fourth-order valence-corrected chi connectivity index (χ4v) is 5.30. The molecule has 0 bridgehead atoms. The summed E-state index contributed by atoms with van der Waals surface area (Å²) in [6.07, 6.45) is 4.55. The van der Waals surface area contributed by atoms with Gasteiger partial charge in [-0.05, 0) is 74.6 Å². The van der Waals surface area contributed by atoms with Crippen LogP contribution in [0.4, 0.5) is 4.39 Å². The third kappa shape index (κ3) is 4.68. The van der Waals surface area contributed by atoms with Gasteiger partial charge >= 0.3 is 0 Å². The molecule has 1 fully saturated rings. The van der Waals surface area contributed by atoms with Crippen LogP contribution in [0, 0.1) is 11.2 Å². The van der Waals surface area contributed by atoms with Gasteiger partial charge in [-0.3, -0.25) is 9.79 Å². The van der Waals surface area contributed by atoms with E-state index in [-0.39, 0.29) is 39.4 Å². The normalized spacial score (nSPS) is 19.9. The zero-order chi connectivity index (χ0) is 24.7. The molecule has 2 aromatic rings. The van der Waals surface area contributed by atoms with Crippen molar-refractivity contribution in [3.05, 3.63) is 70.0 Å². The molecular formula is C28H32ClFN2O2. The lowest BCUT2D eigenvalue weighted by Crippen LogP contribution is -2.51. The molecule has 1 amide bonds. The van der Waals surface area contributed by atoms with Crippen molar-refractivity contribution >= 4 is 29.0 Å². The Morgan fingerprint density at radius 1 is 1.12 bits per heavy atom. The molecule has 0 radical (unpaired) electrons. The van der Waals surface area contributed by atoms with E-state index in [0.29, 0.717) is 12.8 Å². The van der Waals surface area contributed by atoms with E-state index in [1.165, 1.54) is 6.07 Å². The number of carbonyl (C=O) groups is 2. The first kappa shape index (κ1) is 24.6. The van der Waals surface area contributed by atoms with Crippen LogP contribution in [-0.4, -0.2) is 28.0 Å². The maximum atomic E-state index is 14.9. The lowest BCUT2D eigenvalue weighted by atomic mass is 9.72. The van der Waals surface area contributed by atoms with Gasteiger partial charge in [-0.25, -0.2) is 4.39 Å². The zero-order valence-corrected chi connectivity index (χ0v) is 21.1. The molecule has 1 unspecified atom stereocenters. The highest BCUT2D eigenvalue weighted by Gasteiger charge is 2.52. The van der Waals surface area contributed by atoms with Crippen molar-refractivity contribution in [2.24, 2.45) is 10.4 Å². The Hall–Kier alpha value is -2.53. The van der Waals surface area contributed by atoms with Crippen LogP contribution in [0.3, 0.4) is 0 Å². The summed E-state index contributed by atoms with van der Waals surface area (Å²) in [5.41, 5.74) is 1.89. The highest BCUT2D eigenvalue weighted by molar-refractivity contribution is 6.47. The Bertz CT molecular complexity index is 1130. The third-order valence-electron chi connectivity index (χ3n) is 7.42. The number of aliphatic imine (C=N–C) groups is 1. The molecule has 1 aliphatic carbocycles. The van der Waals surface area contributed by atoms with E-state index < -0.39 is 11.5 Å². The summed E-state index contributed by atoms with van der Waals surface area (Å²) < 4.78 is 14.9. The molecule has 4 rings (SSSR count). The summed E-state index contributed by atoms with van der Waals surface area (Å²) in [7, 11) is 0. The summed E-state index contributed by atoms with van der Waals surface area (Å²) in [4.78, 5) is 31.9. The quantitative estimate of drug-likeness (QED) is 0.460. The van der Waals surface area contributed by atoms with E-state index in [0.717, 1.165) is 36.8 Å². The van der Waals surface area contributed by atoms with Crippen molar-refractivity contribution in [2.75, 3.05) is 0 Å². The topological polar surface area (TPSA) is 49.7 Å². The van der Waals surface area contributed by atoms with E-state index >= 15 is 0 Å².